The zero-order valence-corrected chi connectivity index (χ0v) is 13.7. The van der Waals surface area contributed by atoms with Crippen molar-refractivity contribution in [3.63, 3.8) is 0 Å². The van der Waals surface area contributed by atoms with Crippen LogP contribution in [0, 0.1) is 19.8 Å². The van der Waals surface area contributed by atoms with Gasteiger partial charge in [-0.15, -0.1) is 0 Å². The Morgan fingerprint density at radius 3 is 2.64 bits per heavy atom. The first-order chi connectivity index (χ1) is 10.4. The lowest BCUT2D eigenvalue weighted by atomic mass is 9.77. The Balaban J connectivity index is 2.33. The zero-order valence-electron chi connectivity index (χ0n) is 13.7. The van der Waals surface area contributed by atoms with Gasteiger partial charge in [0.15, 0.2) is 0 Å². The third-order valence-corrected chi connectivity index (χ3v) is 4.62. The van der Waals surface area contributed by atoms with Gasteiger partial charge in [-0.05, 0) is 43.0 Å². The molecule has 1 aromatic heterocycles. The number of ether oxygens (including phenoxy) is 2. The second kappa shape index (κ2) is 5.43. The molecule has 1 heterocycles. The summed E-state index contributed by atoms with van der Waals surface area (Å²) in [6, 6.07) is 2.05. The molecule has 0 saturated carbocycles. The van der Waals surface area contributed by atoms with Crippen molar-refractivity contribution in [2.45, 2.75) is 46.3 Å². The summed E-state index contributed by atoms with van der Waals surface area (Å²) < 4.78 is 17.1. The SMILES string of the molecule is CO[C@@H]1C[C@@H](C)[C@H](OC(C)=O)c2c1c(C)cc1occ(C)c21. The summed E-state index contributed by atoms with van der Waals surface area (Å²) in [5.74, 6) is -0.0601. The van der Waals surface area contributed by atoms with Crippen LogP contribution in [-0.4, -0.2) is 13.1 Å². The molecule has 0 amide bonds. The monoisotopic (exact) mass is 302 g/mol. The second-order valence-electron chi connectivity index (χ2n) is 6.28. The maximum Gasteiger partial charge on any atom is 0.303 e. The molecule has 1 aliphatic carbocycles. The van der Waals surface area contributed by atoms with Crippen molar-refractivity contribution in [3.8, 4) is 0 Å². The molecule has 0 radical (unpaired) electrons. The highest BCUT2D eigenvalue weighted by Gasteiger charge is 2.38. The maximum atomic E-state index is 11.6. The molecule has 1 aliphatic rings. The molecule has 0 unspecified atom stereocenters. The minimum absolute atomic E-state index is 0.0236. The average Bonchev–Trinajstić information content (AvgIpc) is 2.81. The van der Waals surface area contributed by atoms with Crippen LogP contribution in [0.25, 0.3) is 11.0 Å². The second-order valence-corrected chi connectivity index (χ2v) is 6.28. The standard InChI is InChI=1S/C18H22O4/c1-9-6-14-16(11(3)8-21-14)17-15(9)13(20-5)7-10(2)18(17)22-12(4)19/h6,8,10,13,18H,7H2,1-5H3/t10-,13-,18+/m1/s1. The van der Waals surface area contributed by atoms with Crippen molar-refractivity contribution in [3.05, 3.63) is 34.6 Å². The van der Waals surface area contributed by atoms with Gasteiger partial charge in [0, 0.05) is 30.9 Å². The van der Waals surface area contributed by atoms with Crippen LogP contribution in [0.5, 0.6) is 0 Å². The third kappa shape index (κ3) is 2.22. The molecule has 118 valence electrons. The summed E-state index contributed by atoms with van der Waals surface area (Å²) in [7, 11) is 1.74. The van der Waals surface area contributed by atoms with Crippen LogP contribution in [0.15, 0.2) is 16.7 Å². The number of esters is 1. The fourth-order valence-corrected chi connectivity index (χ4v) is 3.69. The third-order valence-electron chi connectivity index (χ3n) is 4.62. The number of rotatable bonds is 2. The molecule has 0 spiro atoms. The first-order valence-corrected chi connectivity index (χ1v) is 7.65. The highest BCUT2D eigenvalue weighted by atomic mass is 16.5. The zero-order chi connectivity index (χ0) is 16.0. The number of methoxy groups -OCH3 is 1. The van der Waals surface area contributed by atoms with Gasteiger partial charge in [0.1, 0.15) is 11.7 Å². The first kappa shape index (κ1) is 15.1. The average molecular weight is 302 g/mol. The molecule has 0 saturated heterocycles. The Hall–Kier alpha value is -1.81. The van der Waals surface area contributed by atoms with Crippen LogP contribution in [0.1, 0.15) is 54.7 Å². The van der Waals surface area contributed by atoms with Gasteiger partial charge in [-0.1, -0.05) is 6.92 Å². The molecule has 4 heteroatoms. The number of fused-ring (bicyclic) bond motifs is 3. The van der Waals surface area contributed by atoms with Crippen molar-refractivity contribution in [1.82, 2.24) is 0 Å². The van der Waals surface area contributed by atoms with Crippen LogP contribution in [0.4, 0.5) is 0 Å². The van der Waals surface area contributed by atoms with E-state index in [1.165, 1.54) is 6.92 Å². The highest BCUT2D eigenvalue weighted by molar-refractivity contribution is 5.88. The molecule has 1 aromatic carbocycles. The van der Waals surface area contributed by atoms with E-state index in [1.807, 2.05) is 13.0 Å². The van der Waals surface area contributed by atoms with Crippen molar-refractivity contribution in [1.29, 1.82) is 0 Å². The van der Waals surface area contributed by atoms with Gasteiger partial charge in [-0.25, -0.2) is 0 Å². The molecular weight excluding hydrogens is 280 g/mol. The van der Waals surface area contributed by atoms with E-state index < -0.39 is 0 Å². The van der Waals surface area contributed by atoms with E-state index in [1.54, 1.807) is 13.4 Å². The lowest BCUT2D eigenvalue weighted by Gasteiger charge is -2.36. The number of furan rings is 1. The van der Waals surface area contributed by atoms with Gasteiger partial charge >= 0.3 is 5.97 Å². The van der Waals surface area contributed by atoms with Crippen LogP contribution in [-0.2, 0) is 14.3 Å². The largest absolute Gasteiger partial charge is 0.464 e. The number of benzene rings is 1. The Morgan fingerprint density at radius 1 is 1.27 bits per heavy atom. The topological polar surface area (TPSA) is 48.7 Å². The quantitative estimate of drug-likeness (QED) is 0.772. The van der Waals surface area contributed by atoms with Gasteiger partial charge in [0.2, 0.25) is 0 Å². The summed E-state index contributed by atoms with van der Waals surface area (Å²) >= 11 is 0. The van der Waals surface area contributed by atoms with Crippen molar-refractivity contribution < 1.29 is 18.7 Å². The molecule has 3 atom stereocenters. The van der Waals surface area contributed by atoms with E-state index in [-0.39, 0.29) is 24.1 Å². The molecule has 0 aliphatic heterocycles. The van der Waals surface area contributed by atoms with E-state index in [0.29, 0.717) is 0 Å². The molecule has 22 heavy (non-hydrogen) atoms. The fraction of sp³-hybridized carbons (Fsp3) is 0.500. The predicted molar refractivity (Wildman–Crippen MR) is 83.7 cm³/mol. The molecule has 2 aromatic rings. The van der Waals surface area contributed by atoms with Crippen molar-refractivity contribution in [2.24, 2.45) is 5.92 Å². The van der Waals surface area contributed by atoms with Gasteiger partial charge in [0.05, 0.1) is 12.4 Å². The van der Waals surface area contributed by atoms with E-state index in [9.17, 15) is 4.79 Å². The van der Waals surface area contributed by atoms with Gasteiger partial charge in [-0.2, -0.15) is 0 Å². The van der Waals surface area contributed by atoms with Crippen molar-refractivity contribution in [2.75, 3.05) is 7.11 Å². The summed E-state index contributed by atoms with van der Waals surface area (Å²) in [6.07, 6.45) is 2.37. The highest BCUT2D eigenvalue weighted by Crippen LogP contribution is 2.48. The Bertz CT molecular complexity index is 728. The number of carbonyl (C=O) groups is 1. The van der Waals surface area contributed by atoms with E-state index in [2.05, 4.69) is 13.8 Å². The Morgan fingerprint density at radius 2 is 2.00 bits per heavy atom. The van der Waals surface area contributed by atoms with Crippen LogP contribution in [0.2, 0.25) is 0 Å². The van der Waals surface area contributed by atoms with Gasteiger partial charge in [-0.3, -0.25) is 4.79 Å². The van der Waals surface area contributed by atoms with Crippen LogP contribution in [0.3, 0.4) is 0 Å². The molecule has 4 nitrogen and oxygen atoms in total. The molecule has 3 rings (SSSR count). The van der Waals surface area contributed by atoms with Gasteiger partial charge < -0.3 is 13.9 Å². The lowest BCUT2D eigenvalue weighted by Crippen LogP contribution is -2.27. The van der Waals surface area contributed by atoms with E-state index in [4.69, 9.17) is 13.9 Å². The molecule has 0 bridgehead atoms. The van der Waals surface area contributed by atoms with Crippen LogP contribution < -0.4 is 0 Å². The van der Waals surface area contributed by atoms with Crippen molar-refractivity contribution >= 4 is 16.9 Å². The summed E-state index contributed by atoms with van der Waals surface area (Å²) in [5, 5.41) is 1.06. The minimum atomic E-state index is -0.255. The number of hydrogen-bond acceptors (Lipinski definition) is 4. The van der Waals surface area contributed by atoms with Crippen LogP contribution >= 0.6 is 0 Å². The lowest BCUT2D eigenvalue weighted by molar-refractivity contribution is -0.151. The maximum absolute atomic E-state index is 11.6. The molecule has 0 N–H and O–H groups in total. The normalized spacial score (nSPS) is 24.3. The predicted octanol–water partition coefficient (Wildman–Crippen LogP) is 4.38. The first-order valence-electron chi connectivity index (χ1n) is 7.65. The van der Waals surface area contributed by atoms with Gasteiger partial charge in [0.25, 0.3) is 0 Å². The summed E-state index contributed by atoms with van der Waals surface area (Å²) in [4.78, 5) is 11.6. The summed E-state index contributed by atoms with van der Waals surface area (Å²) in [6.45, 7) is 7.65. The Labute approximate surface area is 130 Å². The number of hydrogen-bond donors (Lipinski definition) is 0. The fourth-order valence-electron chi connectivity index (χ4n) is 3.69. The minimum Gasteiger partial charge on any atom is -0.464 e. The molecule has 0 fully saturated rings. The number of carbonyl (C=O) groups excluding carboxylic acids is 1. The molecular formula is C18H22O4. The summed E-state index contributed by atoms with van der Waals surface area (Å²) in [5.41, 5.74) is 5.22. The van der Waals surface area contributed by atoms with E-state index >= 15 is 0 Å². The number of aryl methyl sites for hydroxylation is 2. The van der Waals surface area contributed by atoms with E-state index in [0.717, 1.165) is 39.6 Å². The smallest absolute Gasteiger partial charge is 0.303 e. The Kier molecular flexibility index (Phi) is 3.73.